The summed E-state index contributed by atoms with van der Waals surface area (Å²) in [5.41, 5.74) is 2.53. The maximum Gasteiger partial charge on any atom is 0.253 e. The van der Waals surface area contributed by atoms with Crippen LogP contribution in [0.5, 0.6) is 5.88 Å². The number of carbonyl (C=O) groups is 1. The number of benzene rings is 2. The van der Waals surface area contributed by atoms with Crippen LogP contribution in [0, 0.1) is 5.82 Å². The highest BCUT2D eigenvalue weighted by molar-refractivity contribution is 6.05. The summed E-state index contributed by atoms with van der Waals surface area (Å²) < 4.78 is 19.6. The molecule has 0 aliphatic heterocycles. The molecule has 4 aromatic rings. The molecule has 6 heteroatoms. The van der Waals surface area contributed by atoms with Gasteiger partial charge in [-0.3, -0.25) is 9.78 Å². The maximum absolute atomic E-state index is 13.9. The molecule has 29 heavy (non-hydrogen) atoms. The summed E-state index contributed by atoms with van der Waals surface area (Å²) in [5, 5.41) is 3.39. The minimum absolute atomic E-state index is 0.204. The van der Waals surface area contributed by atoms with Gasteiger partial charge in [0, 0.05) is 30.4 Å². The van der Waals surface area contributed by atoms with Crippen LogP contribution in [0.2, 0.25) is 0 Å². The van der Waals surface area contributed by atoms with Gasteiger partial charge in [0.15, 0.2) is 0 Å². The van der Waals surface area contributed by atoms with Crippen molar-refractivity contribution < 1.29 is 13.9 Å². The maximum atomic E-state index is 13.9. The second kappa shape index (κ2) is 8.48. The van der Waals surface area contributed by atoms with Crippen LogP contribution in [0.25, 0.3) is 10.9 Å². The summed E-state index contributed by atoms with van der Waals surface area (Å²) in [6.45, 7) is 0.665. The van der Waals surface area contributed by atoms with Crippen molar-refractivity contribution in [3.63, 3.8) is 0 Å². The molecule has 2 aromatic heterocycles. The molecule has 144 valence electrons. The van der Waals surface area contributed by atoms with Gasteiger partial charge in [0.2, 0.25) is 5.88 Å². The highest BCUT2D eigenvalue weighted by atomic mass is 19.1. The number of aromatic nitrogens is 2. The number of carbonyl (C=O) groups excluding carboxylic acids is 1. The Kier molecular flexibility index (Phi) is 5.42. The van der Waals surface area contributed by atoms with Crippen molar-refractivity contribution in [2.75, 3.05) is 0 Å². The van der Waals surface area contributed by atoms with Gasteiger partial charge in [-0.1, -0.05) is 36.4 Å². The third kappa shape index (κ3) is 4.55. The number of halogens is 1. The van der Waals surface area contributed by atoms with Gasteiger partial charge in [-0.15, -0.1) is 0 Å². The van der Waals surface area contributed by atoms with Crippen LogP contribution < -0.4 is 10.1 Å². The molecule has 2 heterocycles. The van der Waals surface area contributed by atoms with E-state index in [0.717, 1.165) is 11.1 Å². The zero-order valence-corrected chi connectivity index (χ0v) is 15.5. The first-order valence-corrected chi connectivity index (χ1v) is 9.13. The van der Waals surface area contributed by atoms with Crippen LogP contribution in [0.4, 0.5) is 4.39 Å². The first-order valence-electron chi connectivity index (χ1n) is 9.13. The summed E-state index contributed by atoms with van der Waals surface area (Å²) in [4.78, 5) is 21.0. The smallest absolute Gasteiger partial charge is 0.253 e. The van der Waals surface area contributed by atoms with Crippen molar-refractivity contribution >= 4 is 16.8 Å². The first kappa shape index (κ1) is 18.6. The van der Waals surface area contributed by atoms with E-state index in [9.17, 15) is 9.18 Å². The number of nitrogens with zero attached hydrogens (tertiary/aromatic N) is 2. The molecule has 0 saturated heterocycles. The Balaban J connectivity index is 1.43. The predicted octanol–water partition coefficient (Wildman–Crippen LogP) is 4.28. The van der Waals surface area contributed by atoms with Crippen molar-refractivity contribution in [2.45, 2.75) is 13.2 Å². The molecule has 5 nitrogen and oxygen atoms in total. The lowest BCUT2D eigenvalue weighted by Crippen LogP contribution is -2.23. The van der Waals surface area contributed by atoms with Crippen molar-refractivity contribution in [1.82, 2.24) is 15.3 Å². The van der Waals surface area contributed by atoms with E-state index in [-0.39, 0.29) is 12.1 Å². The Morgan fingerprint density at radius 1 is 0.931 bits per heavy atom. The van der Waals surface area contributed by atoms with E-state index in [4.69, 9.17) is 4.74 Å². The molecule has 0 spiro atoms. The normalized spacial score (nSPS) is 10.7. The first-order chi connectivity index (χ1) is 14.2. The SMILES string of the molecule is O=C(NCc1ccnc(OCc2ccccc2)c1)c1cc(F)cc2cccnc12. The number of ether oxygens (including phenoxy) is 1. The molecule has 0 unspecified atom stereocenters. The molecule has 0 bridgehead atoms. The number of pyridine rings is 2. The highest BCUT2D eigenvalue weighted by Crippen LogP contribution is 2.19. The average Bonchev–Trinajstić information content (AvgIpc) is 2.76. The summed E-state index contributed by atoms with van der Waals surface area (Å²) in [6.07, 6.45) is 3.21. The van der Waals surface area contributed by atoms with Crippen LogP contribution in [0.1, 0.15) is 21.5 Å². The fourth-order valence-corrected chi connectivity index (χ4v) is 2.98. The Morgan fingerprint density at radius 3 is 2.66 bits per heavy atom. The van der Waals surface area contributed by atoms with Gasteiger partial charge >= 0.3 is 0 Å². The summed E-state index contributed by atoms with van der Waals surface area (Å²) in [7, 11) is 0. The van der Waals surface area contributed by atoms with E-state index in [1.54, 1.807) is 36.7 Å². The lowest BCUT2D eigenvalue weighted by Gasteiger charge is -2.10. The summed E-state index contributed by atoms with van der Waals surface area (Å²) in [6, 6.07) is 19.3. The number of amides is 1. The molecule has 0 aliphatic carbocycles. The van der Waals surface area contributed by atoms with E-state index in [1.807, 2.05) is 30.3 Å². The number of rotatable bonds is 6. The van der Waals surface area contributed by atoms with E-state index in [1.165, 1.54) is 12.1 Å². The fraction of sp³-hybridized carbons (Fsp3) is 0.0870. The Bertz CT molecular complexity index is 1150. The molecule has 0 fully saturated rings. The molecular weight excluding hydrogens is 369 g/mol. The molecule has 0 saturated carbocycles. The quantitative estimate of drug-likeness (QED) is 0.536. The van der Waals surface area contributed by atoms with Gasteiger partial charge in [-0.2, -0.15) is 0 Å². The lowest BCUT2D eigenvalue weighted by molar-refractivity contribution is 0.0952. The molecule has 1 amide bonds. The number of nitrogens with one attached hydrogen (secondary N) is 1. The van der Waals surface area contributed by atoms with Crippen LogP contribution in [-0.4, -0.2) is 15.9 Å². The third-order valence-electron chi connectivity index (χ3n) is 4.40. The van der Waals surface area contributed by atoms with Crippen LogP contribution in [0.3, 0.4) is 0 Å². The minimum atomic E-state index is -0.476. The zero-order chi connectivity index (χ0) is 20.1. The highest BCUT2D eigenvalue weighted by Gasteiger charge is 2.13. The minimum Gasteiger partial charge on any atom is -0.473 e. The average molecular weight is 387 g/mol. The van der Waals surface area contributed by atoms with Crippen LogP contribution in [-0.2, 0) is 13.2 Å². The van der Waals surface area contributed by atoms with E-state index in [2.05, 4.69) is 15.3 Å². The standard InChI is InChI=1S/C23H18FN3O2/c24-19-12-18-7-4-9-26-22(18)20(13-19)23(28)27-14-17-8-10-25-21(11-17)29-15-16-5-2-1-3-6-16/h1-13H,14-15H2,(H,27,28). The fourth-order valence-electron chi connectivity index (χ4n) is 2.98. The summed E-state index contributed by atoms with van der Waals surface area (Å²) in [5.74, 6) is -0.397. The zero-order valence-electron chi connectivity index (χ0n) is 15.5. The van der Waals surface area contributed by atoms with Gasteiger partial charge in [0.25, 0.3) is 5.91 Å². The Hall–Kier alpha value is -3.80. The Labute approximate surface area is 167 Å². The number of hydrogen-bond acceptors (Lipinski definition) is 4. The van der Waals surface area contributed by atoms with Crippen molar-refractivity contribution in [3.05, 3.63) is 102 Å². The molecule has 0 aliphatic rings. The third-order valence-corrected chi connectivity index (χ3v) is 4.40. The Morgan fingerprint density at radius 2 is 1.79 bits per heavy atom. The van der Waals surface area contributed by atoms with Gasteiger partial charge in [-0.05, 0) is 35.4 Å². The van der Waals surface area contributed by atoms with Gasteiger partial charge in [-0.25, -0.2) is 9.37 Å². The summed E-state index contributed by atoms with van der Waals surface area (Å²) >= 11 is 0. The molecule has 4 rings (SSSR count). The van der Waals surface area contributed by atoms with Crippen molar-refractivity contribution in [3.8, 4) is 5.88 Å². The van der Waals surface area contributed by atoms with Crippen LogP contribution >= 0.6 is 0 Å². The lowest BCUT2D eigenvalue weighted by atomic mass is 10.1. The van der Waals surface area contributed by atoms with Gasteiger partial charge in [0.05, 0.1) is 11.1 Å². The second-order valence-electron chi connectivity index (χ2n) is 6.49. The molecule has 0 radical (unpaired) electrons. The number of hydrogen-bond donors (Lipinski definition) is 1. The van der Waals surface area contributed by atoms with E-state index < -0.39 is 11.7 Å². The number of fused-ring (bicyclic) bond motifs is 1. The topological polar surface area (TPSA) is 64.1 Å². The van der Waals surface area contributed by atoms with E-state index in [0.29, 0.717) is 23.4 Å². The second-order valence-corrected chi connectivity index (χ2v) is 6.49. The van der Waals surface area contributed by atoms with Gasteiger partial charge in [0.1, 0.15) is 12.4 Å². The predicted molar refractivity (Wildman–Crippen MR) is 108 cm³/mol. The van der Waals surface area contributed by atoms with E-state index >= 15 is 0 Å². The molecule has 2 aromatic carbocycles. The monoisotopic (exact) mass is 387 g/mol. The van der Waals surface area contributed by atoms with Crippen molar-refractivity contribution in [1.29, 1.82) is 0 Å². The molecular formula is C23H18FN3O2. The van der Waals surface area contributed by atoms with Gasteiger partial charge < -0.3 is 10.1 Å². The molecule has 0 atom stereocenters. The van der Waals surface area contributed by atoms with Crippen molar-refractivity contribution in [2.24, 2.45) is 0 Å². The molecule has 1 N–H and O–H groups in total. The van der Waals surface area contributed by atoms with Crippen LogP contribution in [0.15, 0.2) is 79.1 Å². The largest absolute Gasteiger partial charge is 0.473 e.